The van der Waals surface area contributed by atoms with Crippen molar-refractivity contribution in [3.05, 3.63) is 84.3 Å². The number of ether oxygens (including phenoxy) is 1. The summed E-state index contributed by atoms with van der Waals surface area (Å²) < 4.78 is 11.5. The lowest BCUT2D eigenvalue weighted by Crippen LogP contribution is -2.29. The van der Waals surface area contributed by atoms with Crippen LogP contribution in [-0.2, 0) is 17.9 Å². The van der Waals surface area contributed by atoms with Crippen LogP contribution in [0.2, 0.25) is 0 Å². The number of hydrogen-bond acceptors (Lipinski definition) is 3. The number of unbranched alkanes of at least 4 members (excludes halogenated alkanes) is 5. The Morgan fingerprint density at radius 1 is 0.839 bits per heavy atom. The van der Waals surface area contributed by atoms with Crippen LogP contribution in [0, 0.1) is 0 Å². The van der Waals surface area contributed by atoms with Gasteiger partial charge in [0, 0.05) is 13.0 Å². The van der Waals surface area contributed by atoms with E-state index in [1.54, 1.807) is 6.26 Å². The smallest absolute Gasteiger partial charge is 0.223 e. The summed E-state index contributed by atoms with van der Waals surface area (Å²) in [7, 11) is 0. The molecule has 0 saturated carbocycles. The molecular weight excluding hydrogens is 386 g/mol. The monoisotopic (exact) mass is 419 g/mol. The molecule has 0 fully saturated rings. The fraction of sp³-hybridized carbons (Fsp3) is 0.370. The van der Waals surface area contributed by atoms with Gasteiger partial charge in [-0.3, -0.25) is 4.79 Å². The Hall–Kier alpha value is -3.01. The van der Waals surface area contributed by atoms with Gasteiger partial charge in [-0.2, -0.15) is 0 Å². The molecule has 0 aliphatic carbocycles. The van der Waals surface area contributed by atoms with E-state index >= 15 is 0 Å². The first-order valence-electron chi connectivity index (χ1n) is 11.4. The molecule has 2 aromatic carbocycles. The molecule has 1 heterocycles. The van der Waals surface area contributed by atoms with Gasteiger partial charge < -0.3 is 14.1 Å². The largest absolute Gasteiger partial charge is 0.467 e. The van der Waals surface area contributed by atoms with Gasteiger partial charge in [0.2, 0.25) is 5.91 Å². The molecule has 1 aromatic heterocycles. The van der Waals surface area contributed by atoms with Crippen molar-refractivity contribution in [2.45, 2.75) is 65.0 Å². The van der Waals surface area contributed by atoms with Crippen molar-refractivity contribution in [3.8, 4) is 11.5 Å². The van der Waals surface area contributed by atoms with E-state index < -0.39 is 0 Å². The molecule has 4 nitrogen and oxygen atoms in total. The van der Waals surface area contributed by atoms with Gasteiger partial charge >= 0.3 is 0 Å². The SMILES string of the molecule is CCCCCCCCC(=O)N(Cc1cccc(Oc2ccccc2)c1)Cc1ccco1. The first-order valence-corrected chi connectivity index (χ1v) is 11.4. The molecule has 0 unspecified atom stereocenters. The van der Waals surface area contributed by atoms with E-state index in [0.29, 0.717) is 19.5 Å². The Labute approximate surface area is 185 Å². The number of carbonyl (C=O) groups is 1. The molecule has 0 saturated heterocycles. The van der Waals surface area contributed by atoms with Gasteiger partial charge in [-0.15, -0.1) is 0 Å². The molecule has 1 amide bonds. The predicted molar refractivity (Wildman–Crippen MR) is 124 cm³/mol. The molecule has 3 rings (SSSR count). The maximum atomic E-state index is 13.0. The molecular formula is C27H33NO3. The van der Waals surface area contributed by atoms with Crippen LogP contribution in [0.3, 0.4) is 0 Å². The maximum absolute atomic E-state index is 13.0. The van der Waals surface area contributed by atoms with Crippen LogP contribution in [-0.4, -0.2) is 10.8 Å². The second kappa shape index (κ2) is 12.6. The Balaban J connectivity index is 1.61. The van der Waals surface area contributed by atoms with Gasteiger partial charge in [-0.1, -0.05) is 69.4 Å². The predicted octanol–water partition coefficient (Wildman–Crippen LogP) is 7.35. The summed E-state index contributed by atoms with van der Waals surface area (Å²) in [4.78, 5) is 14.9. The summed E-state index contributed by atoms with van der Waals surface area (Å²) in [5.41, 5.74) is 1.04. The van der Waals surface area contributed by atoms with E-state index in [9.17, 15) is 4.79 Å². The van der Waals surface area contributed by atoms with Crippen LogP contribution in [0.5, 0.6) is 11.5 Å². The summed E-state index contributed by atoms with van der Waals surface area (Å²) in [5.74, 6) is 2.53. The standard InChI is InChI=1S/C27H33NO3/c1-2-3-4-5-6-10-18-27(29)28(22-26-17-12-19-30-26)21-23-13-11-16-25(20-23)31-24-14-8-7-9-15-24/h7-9,11-17,19-20H,2-6,10,18,21-22H2,1H3. The summed E-state index contributed by atoms with van der Waals surface area (Å²) >= 11 is 0. The second-order valence-electron chi connectivity index (χ2n) is 7.91. The minimum atomic E-state index is 0.168. The van der Waals surface area contributed by atoms with Gasteiger partial charge in [-0.05, 0) is 48.4 Å². The van der Waals surface area contributed by atoms with Gasteiger partial charge in [0.05, 0.1) is 12.8 Å². The van der Waals surface area contributed by atoms with Crippen molar-refractivity contribution in [1.29, 1.82) is 0 Å². The molecule has 0 aliphatic heterocycles. The van der Waals surface area contributed by atoms with E-state index in [1.165, 1.54) is 25.7 Å². The van der Waals surface area contributed by atoms with Crippen molar-refractivity contribution in [2.24, 2.45) is 0 Å². The van der Waals surface area contributed by atoms with E-state index in [1.807, 2.05) is 71.6 Å². The van der Waals surface area contributed by atoms with Gasteiger partial charge in [0.1, 0.15) is 17.3 Å². The number of rotatable bonds is 13. The average molecular weight is 420 g/mol. The quantitative estimate of drug-likeness (QED) is 0.272. The third-order valence-electron chi connectivity index (χ3n) is 5.27. The van der Waals surface area contributed by atoms with Crippen LogP contribution in [0.15, 0.2) is 77.4 Å². The third-order valence-corrected chi connectivity index (χ3v) is 5.27. The molecule has 0 N–H and O–H groups in total. The number of carbonyl (C=O) groups excluding carboxylic acids is 1. The second-order valence-corrected chi connectivity index (χ2v) is 7.91. The van der Waals surface area contributed by atoms with Crippen LogP contribution in [0.25, 0.3) is 0 Å². The van der Waals surface area contributed by atoms with E-state index in [4.69, 9.17) is 9.15 Å². The number of nitrogens with zero attached hydrogens (tertiary/aromatic N) is 1. The Kier molecular flexibility index (Phi) is 9.24. The highest BCUT2D eigenvalue weighted by Gasteiger charge is 2.16. The highest BCUT2D eigenvalue weighted by atomic mass is 16.5. The van der Waals surface area contributed by atoms with Crippen LogP contribution in [0.4, 0.5) is 0 Å². The molecule has 31 heavy (non-hydrogen) atoms. The highest BCUT2D eigenvalue weighted by Crippen LogP contribution is 2.23. The zero-order valence-electron chi connectivity index (χ0n) is 18.5. The Bertz CT molecular complexity index is 890. The van der Waals surface area contributed by atoms with Crippen LogP contribution in [0.1, 0.15) is 63.2 Å². The fourth-order valence-corrected chi connectivity index (χ4v) is 3.59. The first-order chi connectivity index (χ1) is 15.2. The van der Waals surface area contributed by atoms with Gasteiger partial charge in [-0.25, -0.2) is 0 Å². The van der Waals surface area contributed by atoms with Gasteiger partial charge in [0.15, 0.2) is 0 Å². The number of furan rings is 1. The number of amides is 1. The molecule has 0 atom stereocenters. The molecule has 164 valence electrons. The van der Waals surface area contributed by atoms with E-state index in [0.717, 1.165) is 35.7 Å². The molecule has 0 aliphatic rings. The lowest BCUT2D eigenvalue weighted by Gasteiger charge is -2.22. The highest BCUT2D eigenvalue weighted by molar-refractivity contribution is 5.76. The average Bonchev–Trinajstić information content (AvgIpc) is 3.30. The van der Waals surface area contributed by atoms with Crippen LogP contribution >= 0.6 is 0 Å². The topological polar surface area (TPSA) is 42.7 Å². The van der Waals surface area contributed by atoms with Crippen molar-refractivity contribution in [3.63, 3.8) is 0 Å². The minimum absolute atomic E-state index is 0.168. The molecule has 4 heteroatoms. The first kappa shape index (κ1) is 22.7. The Morgan fingerprint density at radius 3 is 2.39 bits per heavy atom. The molecule has 0 spiro atoms. The number of hydrogen-bond donors (Lipinski definition) is 0. The minimum Gasteiger partial charge on any atom is -0.467 e. The Morgan fingerprint density at radius 2 is 1.61 bits per heavy atom. The summed E-state index contributed by atoms with van der Waals surface area (Å²) in [6, 6.07) is 21.4. The molecule has 3 aromatic rings. The van der Waals surface area contributed by atoms with E-state index in [2.05, 4.69) is 6.92 Å². The van der Waals surface area contributed by atoms with Gasteiger partial charge in [0.25, 0.3) is 0 Å². The van der Waals surface area contributed by atoms with Crippen molar-refractivity contribution < 1.29 is 13.9 Å². The zero-order chi connectivity index (χ0) is 21.7. The third kappa shape index (κ3) is 7.97. The summed E-state index contributed by atoms with van der Waals surface area (Å²) in [6.45, 7) is 3.22. The molecule has 0 radical (unpaired) electrons. The number of benzene rings is 2. The van der Waals surface area contributed by atoms with Crippen molar-refractivity contribution in [2.75, 3.05) is 0 Å². The van der Waals surface area contributed by atoms with E-state index in [-0.39, 0.29) is 5.91 Å². The summed E-state index contributed by atoms with van der Waals surface area (Å²) in [5, 5.41) is 0. The van der Waals surface area contributed by atoms with Crippen molar-refractivity contribution in [1.82, 2.24) is 4.90 Å². The fourth-order valence-electron chi connectivity index (χ4n) is 3.59. The maximum Gasteiger partial charge on any atom is 0.223 e. The summed E-state index contributed by atoms with van der Waals surface area (Å²) in [6.07, 6.45) is 9.26. The zero-order valence-corrected chi connectivity index (χ0v) is 18.5. The lowest BCUT2D eigenvalue weighted by molar-refractivity contribution is -0.132. The van der Waals surface area contributed by atoms with Crippen molar-refractivity contribution >= 4 is 5.91 Å². The normalized spacial score (nSPS) is 10.7. The lowest BCUT2D eigenvalue weighted by atomic mass is 10.1. The number of para-hydroxylation sites is 1. The van der Waals surface area contributed by atoms with Crippen LogP contribution < -0.4 is 4.74 Å². The molecule has 0 bridgehead atoms.